The molecule has 0 spiro atoms. The van der Waals surface area contributed by atoms with Gasteiger partial charge in [0.15, 0.2) is 0 Å². The number of nitrogens with one attached hydrogen (secondary N) is 2. The Hall–Kier alpha value is -1.18. The van der Waals surface area contributed by atoms with Crippen molar-refractivity contribution in [3.63, 3.8) is 0 Å². The van der Waals surface area contributed by atoms with Crippen molar-refractivity contribution in [2.75, 3.05) is 5.43 Å². The lowest BCUT2D eigenvalue weighted by Gasteiger charge is -2.38. The number of nitrogens with two attached hydrogens (primary N) is 1. The summed E-state index contributed by atoms with van der Waals surface area (Å²) in [6.45, 7) is 1.90. The predicted molar refractivity (Wildman–Crippen MR) is 64.6 cm³/mol. The maximum absolute atomic E-state index is 12.2. The average Bonchev–Trinajstić information content (AvgIpc) is 2.26. The van der Waals surface area contributed by atoms with E-state index in [9.17, 15) is 8.42 Å². The van der Waals surface area contributed by atoms with Crippen molar-refractivity contribution in [3.05, 3.63) is 18.5 Å². The number of aromatic nitrogens is 1. The number of sulfonamides is 1. The van der Waals surface area contributed by atoms with E-state index in [0.29, 0.717) is 5.69 Å². The molecular weight excluding hydrogens is 240 g/mol. The first-order chi connectivity index (χ1) is 7.97. The summed E-state index contributed by atoms with van der Waals surface area (Å²) in [4.78, 5) is 3.90. The molecule has 1 aromatic heterocycles. The SMILES string of the molecule is CC1(NS(=O)(=O)c2cnccc2NN)CCC1. The predicted octanol–water partition coefficient (Wildman–Crippen LogP) is 0.588. The van der Waals surface area contributed by atoms with Gasteiger partial charge in [-0.25, -0.2) is 13.1 Å². The van der Waals surface area contributed by atoms with E-state index in [0.717, 1.165) is 19.3 Å². The zero-order chi connectivity index (χ0) is 12.5. The molecule has 0 amide bonds. The number of nitrogen functional groups attached to an aromatic ring is 1. The van der Waals surface area contributed by atoms with E-state index in [1.807, 2.05) is 6.92 Å². The number of rotatable bonds is 4. The van der Waals surface area contributed by atoms with Gasteiger partial charge in [-0.1, -0.05) is 0 Å². The van der Waals surface area contributed by atoms with E-state index in [1.54, 1.807) is 0 Å². The van der Waals surface area contributed by atoms with Gasteiger partial charge in [-0.3, -0.25) is 10.8 Å². The van der Waals surface area contributed by atoms with Crippen LogP contribution < -0.4 is 16.0 Å². The molecule has 4 N–H and O–H groups in total. The van der Waals surface area contributed by atoms with E-state index in [1.165, 1.54) is 18.5 Å². The minimum atomic E-state index is -3.58. The van der Waals surface area contributed by atoms with Crippen LogP contribution in [0, 0.1) is 0 Å². The van der Waals surface area contributed by atoms with Gasteiger partial charge >= 0.3 is 0 Å². The van der Waals surface area contributed by atoms with Crippen LogP contribution in [-0.4, -0.2) is 18.9 Å². The van der Waals surface area contributed by atoms with Gasteiger partial charge in [-0.15, -0.1) is 0 Å². The molecule has 0 aliphatic heterocycles. The van der Waals surface area contributed by atoms with E-state index >= 15 is 0 Å². The highest BCUT2D eigenvalue weighted by Gasteiger charge is 2.36. The average molecular weight is 256 g/mol. The van der Waals surface area contributed by atoms with E-state index in [-0.39, 0.29) is 10.4 Å². The Morgan fingerprint density at radius 2 is 2.18 bits per heavy atom. The number of nitrogens with zero attached hydrogens (tertiary/aromatic N) is 1. The van der Waals surface area contributed by atoms with Gasteiger partial charge < -0.3 is 5.43 Å². The second kappa shape index (κ2) is 4.25. The Balaban J connectivity index is 2.31. The molecule has 0 radical (unpaired) electrons. The maximum Gasteiger partial charge on any atom is 0.244 e. The van der Waals surface area contributed by atoms with Crippen LogP contribution in [0.15, 0.2) is 23.4 Å². The third-order valence-electron chi connectivity index (χ3n) is 3.07. The molecule has 1 aliphatic rings. The summed E-state index contributed by atoms with van der Waals surface area (Å²) < 4.78 is 27.0. The van der Waals surface area contributed by atoms with E-state index < -0.39 is 10.0 Å². The Bertz CT molecular complexity index is 511. The van der Waals surface area contributed by atoms with Gasteiger partial charge in [0.25, 0.3) is 0 Å². The molecule has 1 aliphatic carbocycles. The van der Waals surface area contributed by atoms with Gasteiger partial charge in [-0.2, -0.15) is 0 Å². The summed E-state index contributed by atoms with van der Waals surface area (Å²) in [5, 5.41) is 0. The van der Waals surface area contributed by atoms with Gasteiger partial charge in [0.2, 0.25) is 10.0 Å². The number of anilines is 1. The third kappa shape index (κ3) is 2.41. The van der Waals surface area contributed by atoms with Crippen molar-refractivity contribution in [1.29, 1.82) is 0 Å². The first-order valence-corrected chi connectivity index (χ1v) is 6.90. The van der Waals surface area contributed by atoms with Crippen molar-refractivity contribution in [2.45, 2.75) is 36.6 Å². The second-order valence-electron chi connectivity index (χ2n) is 4.54. The van der Waals surface area contributed by atoms with Crippen molar-refractivity contribution >= 4 is 15.7 Å². The van der Waals surface area contributed by atoms with E-state index in [2.05, 4.69) is 15.1 Å². The van der Waals surface area contributed by atoms with Gasteiger partial charge in [0.05, 0.1) is 5.69 Å². The molecule has 2 rings (SSSR count). The van der Waals surface area contributed by atoms with Crippen LogP contribution in [0.5, 0.6) is 0 Å². The number of pyridine rings is 1. The normalized spacial score (nSPS) is 18.5. The van der Waals surface area contributed by atoms with Gasteiger partial charge in [0, 0.05) is 17.9 Å². The summed E-state index contributed by atoms with van der Waals surface area (Å²) in [6, 6.07) is 1.53. The Labute approximate surface area is 101 Å². The van der Waals surface area contributed by atoms with Crippen LogP contribution in [0.25, 0.3) is 0 Å². The molecule has 1 saturated carbocycles. The van der Waals surface area contributed by atoms with Crippen LogP contribution in [0.1, 0.15) is 26.2 Å². The molecule has 1 aromatic rings. The topological polar surface area (TPSA) is 97.1 Å². The highest BCUT2D eigenvalue weighted by molar-refractivity contribution is 7.89. The highest BCUT2D eigenvalue weighted by atomic mass is 32.2. The van der Waals surface area contributed by atoms with Crippen molar-refractivity contribution in [2.24, 2.45) is 5.84 Å². The molecule has 0 aromatic carbocycles. The quantitative estimate of drug-likeness (QED) is 0.541. The molecule has 0 bridgehead atoms. The molecule has 0 saturated heterocycles. The standard InChI is InChI=1S/C10H16N4O2S/c1-10(4-2-5-10)14-17(15,16)9-7-12-6-3-8(9)13-11/h3,6-7,14H,2,4-5,11H2,1H3,(H,12,13). The van der Waals surface area contributed by atoms with E-state index in [4.69, 9.17) is 5.84 Å². The van der Waals surface area contributed by atoms with Gasteiger partial charge in [0.1, 0.15) is 4.90 Å². The fourth-order valence-corrected chi connectivity index (χ4v) is 3.48. The maximum atomic E-state index is 12.2. The number of hydrazine groups is 1. The lowest BCUT2D eigenvalue weighted by Crippen LogP contribution is -2.50. The third-order valence-corrected chi connectivity index (χ3v) is 4.73. The number of hydrogen-bond acceptors (Lipinski definition) is 5. The lowest BCUT2D eigenvalue weighted by atomic mass is 9.80. The summed E-state index contributed by atoms with van der Waals surface area (Å²) in [5.41, 5.74) is 2.37. The zero-order valence-corrected chi connectivity index (χ0v) is 10.4. The first-order valence-electron chi connectivity index (χ1n) is 5.41. The van der Waals surface area contributed by atoms with Crippen molar-refractivity contribution in [3.8, 4) is 0 Å². The monoisotopic (exact) mass is 256 g/mol. The molecule has 1 heterocycles. The minimum Gasteiger partial charge on any atom is -0.323 e. The molecule has 1 fully saturated rings. The van der Waals surface area contributed by atoms with Crippen molar-refractivity contribution < 1.29 is 8.42 Å². The Kier molecular flexibility index (Phi) is 3.07. The number of hydrogen-bond donors (Lipinski definition) is 3. The molecule has 0 atom stereocenters. The molecule has 94 valence electrons. The summed E-state index contributed by atoms with van der Waals surface area (Å²) in [6.07, 6.45) is 5.54. The lowest BCUT2D eigenvalue weighted by molar-refractivity contribution is 0.248. The smallest absolute Gasteiger partial charge is 0.244 e. The molecular formula is C10H16N4O2S. The van der Waals surface area contributed by atoms with Gasteiger partial charge in [-0.05, 0) is 32.3 Å². The van der Waals surface area contributed by atoms with Crippen molar-refractivity contribution in [1.82, 2.24) is 9.71 Å². The highest BCUT2D eigenvalue weighted by Crippen LogP contribution is 2.33. The Morgan fingerprint density at radius 1 is 1.47 bits per heavy atom. The summed E-state index contributed by atoms with van der Waals surface area (Å²) in [5.74, 6) is 5.29. The Morgan fingerprint density at radius 3 is 2.71 bits per heavy atom. The molecule has 7 heteroatoms. The van der Waals surface area contributed by atoms with Crippen LogP contribution in [0.4, 0.5) is 5.69 Å². The fourth-order valence-electron chi connectivity index (χ4n) is 1.90. The zero-order valence-electron chi connectivity index (χ0n) is 9.60. The first kappa shape index (κ1) is 12.3. The molecule has 17 heavy (non-hydrogen) atoms. The molecule has 6 nitrogen and oxygen atoms in total. The van der Waals surface area contributed by atoms with Crippen LogP contribution >= 0.6 is 0 Å². The minimum absolute atomic E-state index is 0.0793. The summed E-state index contributed by atoms with van der Waals surface area (Å²) >= 11 is 0. The second-order valence-corrected chi connectivity index (χ2v) is 6.19. The fraction of sp³-hybridized carbons (Fsp3) is 0.500. The van der Waals surface area contributed by atoms with Crippen LogP contribution in [0.2, 0.25) is 0 Å². The summed E-state index contributed by atoms with van der Waals surface area (Å²) in [7, 11) is -3.58. The molecule has 0 unspecified atom stereocenters. The largest absolute Gasteiger partial charge is 0.323 e. The van der Waals surface area contributed by atoms with Crippen LogP contribution in [-0.2, 0) is 10.0 Å². The van der Waals surface area contributed by atoms with Crippen LogP contribution in [0.3, 0.4) is 0 Å².